The van der Waals surface area contributed by atoms with E-state index >= 15 is 0 Å². The monoisotopic (exact) mass is 445 g/mol. The van der Waals surface area contributed by atoms with Crippen LogP contribution < -0.4 is 11.1 Å². The van der Waals surface area contributed by atoms with Crippen LogP contribution in [0.25, 0.3) is 11.3 Å². The summed E-state index contributed by atoms with van der Waals surface area (Å²) < 4.78 is 5.56. The first-order chi connectivity index (χ1) is 15.9. The van der Waals surface area contributed by atoms with Gasteiger partial charge in [-0.3, -0.25) is 29.5 Å². The highest BCUT2D eigenvalue weighted by Crippen LogP contribution is 2.35. The van der Waals surface area contributed by atoms with Crippen LogP contribution >= 0.6 is 0 Å². The van der Waals surface area contributed by atoms with E-state index in [1.54, 1.807) is 30.3 Å². The summed E-state index contributed by atoms with van der Waals surface area (Å²) in [6, 6.07) is 9.78. The normalized spacial score (nSPS) is 17.8. The Hall–Kier alpha value is -4.34. The average Bonchev–Trinajstić information content (AvgIpc) is 3.39. The van der Waals surface area contributed by atoms with Crippen LogP contribution in [-0.2, 0) is 22.6 Å². The molecule has 1 aromatic carbocycles. The molecule has 1 unspecified atom stereocenters. The van der Waals surface area contributed by atoms with E-state index in [-0.39, 0.29) is 30.5 Å². The number of benzene rings is 1. The van der Waals surface area contributed by atoms with Crippen LogP contribution in [0.1, 0.15) is 50.5 Å². The molecule has 10 heteroatoms. The first kappa shape index (κ1) is 20.6. The molecule has 33 heavy (non-hydrogen) atoms. The fourth-order valence-corrected chi connectivity index (χ4v) is 4.34. The molecule has 0 bridgehead atoms. The number of pyridine rings is 1. The SMILES string of the molecule is NC(=O)c1ncccc1Cc1cc(-c2cccc3c2CN(C2CCC(=O)NC2=O)C3=O)on1. The van der Waals surface area contributed by atoms with Gasteiger partial charge in [-0.05, 0) is 29.7 Å². The molecule has 3 N–H and O–H groups in total. The molecule has 2 aliphatic rings. The van der Waals surface area contributed by atoms with Crippen molar-refractivity contribution in [3.63, 3.8) is 0 Å². The molecular weight excluding hydrogens is 426 g/mol. The largest absolute Gasteiger partial charge is 0.364 e. The number of nitrogens with one attached hydrogen (secondary N) is 1. The topological polar surface area (TPSA) is 148 Å². The second-order valence-electron chi connectivity index (χ2n) is 7.97. The third-order valence-corrected chi connectivity index (χ3v) is 5.90. The lowest BCUT2D eigenvalue weighted by Crippen LogP contribution is -2.52. The lowest BCUT2D eigenvalue weighted by atomic mass is 10.0. The number of nitrogens with two attached hydrogens (primary N) is 1. The molecule has 0 spiro atoms. The van der Waals surface area contributed by atoms with E-state index in [0.29, 0.717) is 41.0 Å². The van der Waals surface area contributed by atoms with E-state index in [0.717, 1.165) is 5.56 Å². The van der Waals surface area contributed by atoms with Gasteiger partial charge in [-0.25, -0.2) is 0 Å². The van der Waals surface area contributed by atoms with E-state index in [2.05, 4.69) is 15.5 Å². The molecule has 3 aromatic rings. The number of hydrogen-bond donors (Lipinski definition) is 2. The molecule has 2 aliphatic heterocycles. The van der Waals surface area contributed by atoms with E-state index < -0.39 is 17.9 Å². The average molecular weight is 445 g/mol. The number of imide groups is 1. The van der Waals surface area contributed by atoms with Crippen molar-refractivity contribution in [2.24, 2.45) is 5.73 Å². The number of carbonyl (C=O) groups is 4. The minimum absolute atomic E-state index is 0.174. The number of aromatic nitrogens is 2. The van der Waals surface area contributed by atoms with Crippen molar-refractivity contribution >= 4 is 23.6 Å². The Bertz CT molecular complexity index is 1310. The smallest absolute Gasteiger partial charge is 0.267 e. The van der Waals surface area contributed by atoms with Crippen molar-refractivity contribution in [1.82, 2.24) is 20.4 Å². The van der Waals surface area contributed by atoms with Crippen molar-refractivity contribution in [3.05, 3.63) is 70.7 Å². The van der Waals surface area contributed by atoms with Crippen molar-refractivity contribution in [1.29, 1.82) is 0 Å². The summed E-state index contributed by atoms with van der Waals surface area (Å²) in [4.78, 5) is 54.0. The Balaban J connectivity index is 1.42. The molecule has 5 rings (SSSR count). The van der Waals surface area contributed by atoms with Crippen LogP contribution in [0.3, 0.4) is 0 Å². The van der Waals surface area contributed by atoms with Gasteiger partial charge in [-0.1, -0.05) is 23.4 Å². The van der Waals surface area contributed by atoms with Gasteiger partial charge in [0.25, 0.3) is 11.8 Å². The number of hydrogen-bond acceptors (Lipinski definition) is 7. The second-order valence-corrected chi connectivity index (χ2v) is 7.97. The third kappa shape index (κ3) is 3.65. The minimum Gasteiger partial charge on any atom is -0.364 e. The first-order valence-electron chi connectivity index (χ1n) is 10.4. The third-order valence-electron chi connectivity index (χ3n) is 5.90. The standard InChI is InChI=1S/C23H19N5O5/c24-21(30)20-12(3-2-8-25-20)9-13-10-18(33-27-13)14-4-1-5-15-16(14)11-28(23(15)32)17-6-7-19(29)26-22(17)31/h1-5,8,10,17H,6-7,9,11H2,(H2,24,30)(H,26,29,31). The Kier molecular flexibility index (Phi) is 4.97. The summed E-state index contributed by atoms with van der Waals surface area (Å²) in [7, 11) is 0. The molecule has 0 aliphatic carbocycles. The zero-order valence-corrected chi connectivity index (χ0v) is 17.4. The van der Waals surface area contributed by atoms with Gasteiger partial charge in [0.1, 0.15) is 11.7 Å². The highest BCUT2D eigenvalue weighted by Gasteiger charge is 2.40. The van der Waals surface area contributed by atoms with Crippen molar-refractivity contribution in [2.45, 2.75) is 31.8 Å². The van der Waals surface area contributed by atoms with E-state index in [4.69, 9.17) is 10.3 Å². The molecule has 1 fully saturated rings. The molecule has 0 radical (unpaired) electrons. The summed E-state index contributed by atoms with van der Waals surface area (Å²) in [6.45, 7) is 0.223. The van der Waals surface area contributed by atoms with Gasteiger partial charge >= 0.3 is 0 Å². The molecule has 4 amide bonds. The number of piperidine rings is 1. The highest BCUT2D eigenvalue weighted by atomic mass is 16.5. The fourth-order valence-electron chi connectivity index (χ4n) is 4.34. The summed E-state index contributed by atoms with van der Waals surface area (Å²) in [6.07, 6.45) is 2.28. The van der Waals surface area contributed by atoms with Gasteiger partial charge < -0.3 is 15.2 Å². The molecular formula is C23H19N5O5. The highest BCUT2D eigenvalue weighted by molar-refractivity contribution is 6.06. The Morgan fingerprint density at radius 3 is 2.79 bits per heavy atom. The molecule has 4 heterocycles. The number of carbonyl (C=O) groups excluding carboxylic acids is 4. The molecule has 1 atom stereocenters. The number of nitrogens with zero attached hydrogens (tertiary/aromatic N) is 3. The Morgan fingerprint density at radius 1 is 1.18 bits per heavy atom. The van der Waals surface area contributed by atoms with Gasteiger partial charge in [0.2, 0.25) is 11.8 Å². The number of rotatable bonds is 5. The summed E-state index contributed by atoms with van der Waals surface area (Å²) in [5.41, 5.74) is 8.68. The van der Waals surface area contributed by atoms with Crippen LogP contribution in [-0.4, -0.2) is 44.7 Å². The summed E-state index contributed by atoms with van der Waals surface area (Å²) in [5.74, 6) is -1.21. The molecule has 0 saturated carbocycles. The number of fused-ring (bicyclic) bond motifs is 1. The zero-order chi connectivity index (χ0) is 23.1. The molecule has 10 nitrogen and oxygen atoms in total. The van der Waals surface area contributed by atoms with Gasteiger partial charge in [-0.2, -0.15) is 0 Å². The summed E-state index contributed by atoms with van der Waals surface area (Å²) >= 11 is 0. The Labute approximate surface area is 187 Å². The summed E-state index contributed by atoms with van der Waals surface area (Å²) in [5, 5.41) is 6.41. The van der Waals surface area contributed by atoms with Crippen molar-refractivity contribution in [3.8, 4) is 11.3 Å². The number of primary amides is 1. The van der Waals surface area contributed by atoms with Crippen LogP contribution in [0.15, 0.2) is 47.1 Å². The van der Waals surface area contributed by atoms with Crippen molar-refractivity contribution in [2.75, 3.05) is 0 Å². The minimum atomic E-state index is -0.696. The molecule has 166 valence electrons. The van der Waals surface area contributed by atoms with E-state index in [1.165, 1.54) is 11.1 Å². The number of amides is 4. The maximum atomic E-state index is 13.0. The zero-order valence-electron chi connectivity index (χ0n) is 17.4. The second kappa shape index (κ2) is 7.97. The van der Waals surface area contributed by atoms with Crippen LogP contribution in [0.4, 0.5) is 0 Å². The Morgan fingerprint density at radius 2 is 2.00 bits per heavy atom. The maximum absolute atomic E-state index is 13.0. The predicted octanol–water partition coefficient (Wildman–Crippen LogP) is 1.19. The lowest BCUT2D eigenvalue weighted by Gasteiger charge is -2.29. The first-order valence-corrected chi connectivity index (χ1v) is 10.4. The van der Waals surface area contributed by atoms with Gasteiger partial charge in [-0.15, -0.1) is 0 Å². The quantitative estimate of drug-likeness (QED) is 0.560. The van der Waals surface area contributed by atoms with Gasteiger partial charge in [0.05, 0.1) is 5.69 Å². The van der Waals surface area contributed by atoms with Crippen LogP contribution in [0, 0.1) is 0 Å². The predicted molar refractivity (Wildman–Crippen MR) is 114 cm³/mol. The van der Waals surface area contributed by atoms with Crippen LogP contribution in [0.2, 0.25) is 0 Å². The maximum Gasteiger partial charge on any atom is 0.267 e. The lowest BCUT2D eigenvalue weighted by molar-refractivity contribution is -0.136. The van der Waals surface area contributed by atoms with Gasteiger partial charge in [0.15, 0.2) is 5.76 Å². The molecule has 1 saturated heterocycles. The van der Waals surface area contributed by atoms with Gasteiger partial charge in [0, 0.05) is 42.8 Å². The fraction of sp³-hybridized carbons (Fsp3) is 0.217. The van der Waals surface area contributed by atoms with Crippen LogP contribution in [0.5, 0.6) is 0 Å². The van der Waals surface area contributed by atoms with E-state index in [9.17, 15) is 19.2 Å². The van der Waals surface area contributed by atoms with E-state index in [1.807, 2.05) is 6.07 Å². The van der Waals surface area contributed by atoms with Crippen molar-refractivity contribution < 1.29 is 23.7 Å². The molecule has 2 aromatic heterocycles.